The maximum atomic E-state index is 4.59. The van der Waals surface area contributed by atoms with Crippen molar-refractivity contribution in [1.29, 1.82) is 0 Å². The number of aromatic nitrogens is 2. The highest BCUT2D eigenvalue weighted by Gasteiger charge is 2.04. The van der Waals surface area contributed by atoms with Gasteiger partial charge in [0.15, 0.2) is 5.96 Å². The predicted octanol–water partition coefficient (Wildman–Crippen LogP) is 2.69. The van der Waals surface area contributed by atoms with E-state index in [9.17, 15) is 0 Å². The van der Waals surface area contributed by atoms with Crippen molar-refractivity contribution in [3.8, 4) is 0 Å². The Morgan fingerprint density at radius 3 is 2.71 bits per heavy atom. The Labute approximate surface area is 145 Å². The van der Waals surface area contributed by atoms with Gasteiger partial charge in [-0.1, -0.05) is 44.2 Å². The number of hydrogen-bond donors (Lipinski definition) is 2. The van der Waals surface area contributed by atoms with Gasteiger partial charge in [-0.2, -0.15) is 0 Å². The van der Waals surface area contributed by atoms with Crippen molar-refractivity contribution in [1.82, 2.24) is 20.2 Å². The molecule has 0 unspecified atom stereocenters. The van der Waals surface area contributed by atoms with E-state index >= 15 is 0 Å². The molecule has 0 saturated carbocycles. The van der Waals surface area contributed by atoms with E-state index in [-0.39, 0.29) is 0 Å². The van der Waals surface area contributed by atoms with Crippen LogP contribution in [0, 0.1) is 5.92 Å². The quantitative estimate of drug-likeness (QED) is 0.579. The lowest BCUT2D eigenvalue weighted by atomic mass is 10.2. The number of nitrogens with one attached hydrogen (secondary N) is 2. The molecule has 24 heavy (non-hydrogen) atoms. The van der Waals surface area contributed by atoms with Gasteiger partial charge < -0.3 is 15.2 Å². The van der Waals surface area contributed by atoms with Crippen LogP contribution >= 0.6 is 0 Å². The lowest BCUT2D eigenvalue weighted by Crippen LogP contribution is -2.38. The van der Waals surface area contributed by atoms with Gasteiger partial charge in [-0.25, -0.2) is 4.98 Å². The Kier molecular flexibility index (Phi) is 7.33. The zero-order valence-electron chi connectivity index (χ0n) is 15.0. The van der Waals surface area contributed by atoms with Gasteiger partial charge in [0, 0.05) is 45.0 Å². The summed E-state index contributed by atoms with van der Waals surface area (Å²) in [5.74, 6) is 2.53. The minimum absolute atomic E-state index is 0.560. The van der Waals surface area contributed by atoms with Crippen LogP contribution in [0.3, 0.4) is 0 Å². The summed E-state index contributed by atoms with van der Waals surface area (Å²) in [7, 11) is 0. The fourth-order valence-corrected chi connectivity index (χ4v) is 2.40. The van der Waals surface area contributed by atoms with Crippen molar-refractivity contribution in [2.75, 3.05) is 19.6 Å². The van der Waals surface area contributed by atoms with Crippen molar-refractivity contribution in [2.45, 2.75) is 33.7 Å². The first-order valence-corrected chi connectivity index (χ1v) is 8.75. The van der Waals surface area contributed by atoms with Crippen LogP contribution in [-0.2, 0) is 13.0 Å². The molecule has 1 aromatic carbocycles. The normalized spacial score (nSPS) is 11.8. The SMILES string of the molecule is CCNC(=NCC(C)C)NCCc1nccn1Cc1ccccc1. The average Bonchev–Trinajstić information content (AvgIpc) is 3.00. The molecule has 0 radical (unpaired) electrons. The third-order valence-corrected chi connectivity index (χ3v) is 3.60. The first-order chi connectivity index (χ1) is 11.7. The molecule has 2 rings (SSSR count). The molecule has 5 nitrogen and oxygen atoms in total. The van der Waals surface area contributed by atoms with E-state index in [4.69, 9.17) is 0 Å². The summed E-state index contributed by atoms with van der Waals surface area (Å²) in [6.07, 6.45) is 4.78. The summed E-state index contributed by atoms with van der Waals surface area (Å²) in [6, 6.07) is 10.5. The number of aliphatic imine (C=N–C) groups is 1. The van der Waals surface area contributed by atoms with Crippen LogP contribution in [0.4, 0.5) is 0 Å². The minimum Gasteiger partial charge on any atom is -0.357 e. The smallest absolute Gasteiger partial charge is 0.191 e. The fourth-order valence-electron chi connectivity index (χ4n) is 2.40. The van der Waals surface area contributed by atoms with E-state index < -0.39 is 0 Å². The van der Waals surface area contributed by atoms with Crippen LogP contribution in [0.5, 0.6) is 0 Å². The molecule has 2 aromatic rings. The van der Waals surface area contributed by atoms with Gasteiger partial charge >= 0.3 is 0 Å². The summed E-state index contributed by atoms with van der Waals surface area (Å²) in [5, 5.41) is 6.68. The Morgan fingerprint density at radius 1 is 1.21 bits per heavy atom. The number of imidazole rings is 1. The Hall–Kier alpha value is -2.30. The van der Waals surface area contributed by atoms with E-state index in [1.807, 2.05) is 18.5 Å². The summed E-state index contributed by atoms with van der Waals surface area (Å²) in [4.78, 5) is 9.08. The molecule has 0 fully saturated rings. The van der Waals surface area contributed by atoms with E-state index in [2.05, 4.69) is 70.2 Å². The molecule has 0 bridgehead atoms. The van der Waals surface area contributed by atoms with Crippen molar-refractivity contribution < 1.29 is 0 Å². The zero-order chi connectivity index (χ0) is 17.2. The molecule has 1 aromatic heterocycles. The van der Waals surface area contributed by atoms with Crippen LogP contribution in [0.25, 0.3) is 0 Å². The highest BCUT2D eigenvalue weighted by Crippen LogP contribution is 2.05. The van der Waals surface area contributed by atoms with Gasteiger partial charge in [-0.15, -0.1) is 0 Å². The second-order valence-corrected chi connectivity index (χ2v) is 6.25. The molecule has 0 atom stereocenters. The monoisotopic (exact) mass is 327 g/mol. The molecular weight excluding hydrogens is 298 g/mol. The molecule has 0 aliphatic carbocycles. The van der Waals surface area contributed by atoms with Crippen LogP contribution in [0.15, 0.2) is 47.7 Å². The fraction of sp³-hybridized carbons (Fsp3) is 0.474. The van der Waals surface area contributed by atoms with Gasteiger partial charge in [0.05, 0.1) is 0 Å². The summed E-state index contributed by atoms with van der Waals surface area (Å²) in [6.45, 7) is 9.80. The molecule has 130 valence electrons. The second kappa shape index (κ2) is 9.75. The third kappa shape index (κ3) is 6.07. The maximum absolute atomic E-state index is 4.59. The van der Waals surface area contributed by atoms with Crippen molar-refractivity contribution in [3.05, 3.63) is 54.1 Å². The van der Waals surface area contributed by atoms with Crippen LogP contribution in [0.2, 0.25) is 0 Å². The van der Waals surface area contributed by atoms with E-state index in [1.54, 1.807) is 0 Å². The number of guanidine groups is 1. The van der Waals surface area contributed by atoms with Gasteiger partial charge in [0.2, 0.25) is 0 Å². The van der Waals surface area contributed by atoms with Crippen LogP contribution in [0.1, 0.15) is 32.2 Å². The van der Waals surface area contributed by atoms with Crippen molar-refractivity contribution >= 4 is 5.96 Å². The number of nitrogens with zero attached hydrogens (tertiary/aromatic N) is 3. The zero-order valence-corrected chi connectivity index (χ0v) is 15.0. The summed E-state index contributed by atoms with van der Waals surface area (Å²) >= 11 is 0. The Morgan fingerprint density at radius 2 is 2.00 bits per heavy atom. The minimum atomic E-state index is 0.560. The molecule has 0 amide bonds. The second-order valence-electron chi connectivity index (χ2n) is 6.25. The Bertz CT molecular complexity index is 616. The standard InChI is InChI=1S/C19H29N5/c1-4-20-19(23-14-16(2)3)22-11-10-18-21-12-13-24(18)15-17-8-6-5-7-9-17/h5-9,12-13,16H,4,10-11,14-15H2,1-3H3,(H2,20,22,23). The topological polar surface area (TPSA) is 54.2 Å². The lowest BCUT2D eigenvalue weighted by Gasteiger charge is -2.13. The van der Waals surface area contributed by atoms with E-state index in [1.165, 1.54) is 5.56 Å². The van der Waals surface area contributed by atoms with Crippen LogP contribution in [-0.4, -0.2) is 35.1 Å². The average molecular weight is 327 g/mol. The predicted molar refractivity (Wildman–Crippen MR) is 100 cm³/mol. The summed E-state index contributed by atoms with van der Waals surface area (Å²) in [5.41, 5.74) is 1.29. The Balaban J connectivity index is 1.88. The largest absolute Gasteiger partial charge is 0.357 e. The van der Waals surface area contributed by atoms with Gasteiger partial charge in [-0.3, -0.25) is 4.99 Å². The van der Waals surface area contributed by atoms with E-state index in [0.717, 1.165) is 44.4 Å². The lowest BCUT2D eigenvalue weighted by molar-refractivity contribution is 0.653. The molecule has 0 aliphatic heterocycles. The van der Waals surface area contributed by atoms with Gasteiger partial charge in [-0.05, 0) is 18.4 Å². The van der Waals surface area contributed by atoms with E-state index in [0.29, 0.717) is 5.92 Å². The number of benzene rings is 1. The third-order valence-electron chi connectivity index (χ3n) is 3.60. The highest BCUT2D eigenvalue weighted by atomic mass is 15.2. The number of rotatable bonds is 8. The molecule has 1 heterocycles. The summed E-state index contributed by atoms with van der Waals surface area (Å²) < 4.78 is 2.20. The highest BCUT2D eigenvalue weighted by molar-refractivity contribution is 5.79. The molecule has 2 N–H and O–H groups in total. The molecule has 0 aliphatic rings. The molecule has 5 heteroatoms. The maximum Gasteiger partial charge on any atom is 0.191 e. The first-order valence-electron chi connectivity index (χ1n) is 8.75. The molecule has 0 saturated heterocycles. The van der Waals surface area contributed by atoms with Crippen LogP contribution < -0.4 is 10.6 Å². The first kappa shape index (κ1) is 18.0. The number of hydrogen-bond acceptors (Lipinski definition) is 2. The van der Waals surface area contributed by atoms with Crippen molar-refractivity contribution in [3.63, 3.8) is 0 Å². The van der Waals surface area contributed by atoms with Gasteiger partial charge in [0.25, 0.3) is 0 Å². The molecular formula is C19H29N5. The molecule has 0 spiro atoms. The van der Waals surface area contributed by atoms with Crippen molar-refractivity contribution in [2.24, 2.45) is 10.9 Å². The van der Waals surface area contributed by atoms with Gasteiger partial charge in [0.1, 0.15) is 5.82 Å².